The van der Waals surface area contributed by atoms with Gasteiger partial charge in [0.05, 0.1) is 25.5 Å². The lowest BCUT2D eigenvalue weighted by molar-refractivity contribution is 0.295. The summed E-state index contributed by atoms with van der Waals surface area (Å²) < 4.78 is 18.2. The van der Waals surface area contributed by atoms with Crippen molar-refractivity contribution in [3.05, 3.63) is 259 Å². The molecule has 1 aliphatic rings. The van der Waals surface area contributed by atoms with E-state index in [4.69, 9.17) is 30.1 Å². The molecule has 13 rings (SSSR count). The van der Waals surface area contributed by atoms with Gasteiger partial charge in [0, 0.05) is 25.7 Å². The second kappa shape index (κ2) is 22.9. The first-order valence-electron chi connectivity index (χ1n) is 31.7. The van der Waals surface area contributed by atoms with Crippen molar-refractivity contribution in [1.82, 2.24) is 30.0 Å². The van der Waals surface area contributed by atoms with Crippen molar-refractivity contribution in [3.8, 4) is 23.0 Å². The average molecular weight is 1190 g/mol. The van der Waals surface area contributed by atoms with Crippen molar-refractivity contribution < 1.29 is 19.7 Å². The second-order valence-corrected chi connectivity index (χ2v) is 29.2. The normalized spacial score (nSPS) is 13.2. The van der Waals surface area contributed by atoms with Gasteiger partial charge in [-0.2, -0.15) is 0 Å². The standard InChI is InChI=1S/C80H82N6O4/c1-77(2,3)61-35-53-31-57-39-63(79(7,8)9)41-59(75(57)89-47-65-43-85(83-81-65)45-71-67-25-17-13-21-49(67)29-50-22-14-18-26-68(50)71)33-55-37-62(78(4,5)6)38-56(74(55)88)34-60-42-64(80(10,11)12)40-58(32-54(36-61)73(53)87)76(60)90-48-66-44-86(84-82-66)46-72-69-27-19-15-23-51(69)30-52-24-16-20-28-70(52)72/h13-30,35-44,87-88H,31-34,45-48H2,1-12H3. The highest BCUT2D eigenvalue weighted by Crippen LogP contribution is 2.45. The molecule has 0 atom stereocenters. The Bertz CT molecular complexity index is 4240. The van der Waals surface area contributed by atoms with Gasteiger partial charge in [-0.25, -0.2) is 9.36 Å². The summed E-state index contributed by atoms with van der Waals surface area (Å²) >= 11 is 0. The summed E-state index contributed by atoms with van der Waals surface area (Å²) in [4.78, 5) is 0. The lowest BCUT2D eigenvalue weighted by atomic mass is 9.79. The molecule has 2 heterocycles. The zero-order valence-corrected chi connectivity index (χ0v) is 54.2. The summed E-state index contributed by atoms with van der Waals surface area (Å²) in [6.07, 6.45) is 5.46. The molecule has 10 aromatic carbocycles. The lowest BCUT2D eigenvalue weighted by Gasteiger charge is -2.28. The van der Waals surface area contributed by atoms with E-state index in [2.05, 4.69) is 241 Å². The van der Waals surface area contributed by atoms with E-state index >= 15 is 0 Å². The van der Waals surface area contributed by atoms with Crippen LogP contribution < -0.4 is 9.47 Å². The van der Waals surface area contributed by atoms with E-state index < -0.39 is 0 Å². The van der Waals surface area contributed by atoms with E-state index in [9.17, 15) is 10.2 Å². The number of phenolic OH excluding ortho intramolecular Hbond substituents is 2. The molecule has 0 aliphatic heterocycles. The van der Waals surface area contributed by atoms with Crippen LogP contribution in [0.25, 0.3) is 43.1 Å². The number of phenols is 2. The molecular weight excluding hydrogens is 1110 g/mol. The number of ether oxygens (including phenoxy) is 2. The van der Waals surface area contributed by atoms with E-state index in [1.807, 2.05) is 21.8 Å². The molecule has 2 aromatic heterocycles. The Kier molecular flexibility index (Phi) is 15.2. The highest BCUT2D eigenvalue weighted by Gasteiger charge is 2.29. The fourth-order valence-electron chi connectivity index (χ4n) is 13.2. The summed E-state index contributed by atoms with van der Waals surface area (Å²) in [5, 5.41) is 54.5. The molecule has 456 valence electrons. The number of hydrogen-bond acceptors (Lipinski definition) is 8. The molecule has 10 heteroatoms. The van der Waals surface area contributed by atoms with Crippen molar-refractivity contribution in [2.24, 2.45) is 0 Å². The molecular formula is C80H82N6O4. The quantitative estimate of drug-likeness (QED) is 0.130. The summed E-state index contributed by atoms with van der Waals surface area (Å²) in [5.41, 5.74) is 14.1. The number of fused-ring (bicyclic) bond motifs is 12. The van der Waals surface area contributed by atoms with Crippen LogP contribution in [0, 0.1) is 0 Å². The van der Waals surface area contributed by atoms with Gasteiger partial charge in [0.15, 0.2) is 0 Å². The minimum absolute atomic E-state index is 0.148. The molecule has 1 aliphatic carbocycles. The molecule has 12 aromatic rings. The Balaban J connectivity index is 0.928. The third-order valence-corrected chi connectivity index (χ3v) is 18.3. The molecule has 90 heavy (non-hydrogen) atoms. The van der Waals surface area contributed by atoms with E-state index in [-0.39, 0.29) is 46.4 Å². The summed E-state index contributed by atoms with van der Waals surface area (Å²) in [7, 11) is 0. The van der Waals surface area contributed by atoms with Crippen molar-refractivity contribution in [2.45, 2.75) is 157 Å². The van der Waals surface area contributed by atoms with Gasteiger partial charge in [-0.3, -0.25) is 0 Å². The van der Waals surface area contributed by atoms with E-state index in [0.29, 0.717) is 61.7 Å². The van der Waals surface area contributed by atoms with Gasteiger partial charge < -0.3 is 19.7 Å². The Morgan fingerprint density at radius 3 is 0.878 bits per heavy atom. The van der Waals surface area contributed by atoms with Gasteiger partial charge in [-0.15, -0.1) is 10.2 Å². The van der Waals surface area contributed by atoms with Crippen molar-refractivity contribution in [2.75, 3.05) is 0 Å². The first kappa shape index (κ1) is 59.7. The maximum absolute atomic E-state index is 13.1. The van der Waals surface area contributed by atoms with Gasteiger partial charge in [0.25, 0.3) is 0 Å². The highest BCUT2D eigenvalue weighted by molar-refractivity contribution is 6.03. The van der Waals surface area contributed by atoms with Gasteiger partial charge in [0.1, 0.15) is 47.6 Å². The van der Waals surface area contributed by atoms with Gasteiger partial charge in [0.2, 0.25) is 0 Å². The Hall–Kier alpha value is -9.28. The van der Waals surface area contributed by atoms with Crippen LogP contribution in [0.2, 0.25) is 0 Å². The molecule has 0 fully saturated rings. The van der Waals surface area contributed by atoms with Crippen LogP contribution in [0.5, 0.6) is 23.0 Å². The predicted octanol–water partition coefficient (Wildman–Crippen LogP) is 18.0. The number of aromatic nitrogens is 6. The Morgan fingerprint density at radius 1 is 0.356 bits per heavy atom. The molecule has 0 saturated heterocycles. The second-order valence-electron chi connectivity index (χ2n) is 29.2. The highest BCUT2D eigenvalue weighted by atomic mass is 16.5. The van der Waals surface area contributed by atoms with E-state index in [0.717, 1.165) is 66.8 Å². The lowest BCUT2D eigenvalue weighted by Crippen LogP contribution is -2.16. The zero-order chi connectivity index (χ0) is 63.0. The van der Waals surface area contributed by atoms with Crippen LogP contribution >= 0.6 is 0 Å². The number of aromatic hydroxyl groups is 2. The fourth-order valence-corrected chi connectivity index (χ4v) is 13.2. The van der Waals surface area contributed by atoms with Crippen molar-refractivity contribution in [3.63, 3.8) is 0 Å². The topological polar surface area (TPSA) is 120 Å². The van der Waals surface area contributed by atoms with Crippen LogP contribution in [-0.4, -0.2) is 40.2 Å². The van der Waals surface area contributed by atoms with Gasteiger partial charge in [-0.05, 0) is 155 Å². The van der Waals surface area contributed by atoms with E-state index in [1.54, 1.807) is 0 Å². The minimum Gasteiger partial charge on any atom is -0.507 e. The number of benzene rings is 10. The Morgan fingerprint density at radius 2 is 0.611 bits per heavy atom. The Labute approximate surface area is 529 Å². The van der Waals surface area contributed by atoms with Crippen LogP contribution in [0.4, 0.5) is 0 Å². The molecule has 0 unspecified atom stereocenters. The van der Waals surface area contributed by atoms with Crippen LogP contribution in [0.15, 0.2) is 170 Å². The smallest absolute Gasteiger partial charge is 0.134 e. The predicted molar refractivity (Wildman–Crippen MR) is 365 cm³/mol. The van der Waals surface area contributed by atoms with Crippen molar-refractivity contribution >= 4 is 43.1 Å². The summed E-state index contributed by atoms with van der Waals surface area (Å²) in [6, 6.07) is 56.4. The maximum Gasteiger partial charge on any atom is 0.134 e. The first-order chi connectivity index (χ1) is 42.9. The molecule has 0 amide bonds. The number of hydrogen-bond donors (Lipinski definition) is 2. The SMILES string of the molecule is CC(C)(C)c1cc2c(O)c(c1)Cc1cc(C(C)(C)C)cc(c1OCc1cn(Cc3c4ccccc4cc4ccccc34)nn1)Cc1cc(C(C)(C)C)cc(c1O)Cc1cc(C(C)(C)C)cc(c1OCc1cn(Cc3c4ccccc4cc4ccccc34)nn1)C2. The van der Waals surface area contributed by atoms with Gasteiger partial charge >= 0.3 is 0 Å². The minimum atomic E-state index is -0.271. The van der Waals surface area contributed by atoms with Crippen LogP contribution in [0.1, 0.15) is 172 Å². The third kappa shape index (κ3) is 12.0. The fraction of sp³-hybridized carbons (Fsp3) is 0.300. The zero-order valence-electron chi connectivity index (χ0n) is 54.2. The maximum atomic E-state index is 13.1. The molecule has 2 N–H and O–H groups in total. The summed E-state index contributed by atoms with van der Waals surface area (Å²) in [6.45, 7) is 28.2. The average Bonchev–Trinajstić information content (AvgIpc) is 0.882. The molecule has 0 radical (unpaired) electrons. The molecule has 0 saturated carbocycles. The largest absolute Gasteiger partial charge is 0.507 e. The monoisotopic (exact) mass is 1190 g/mol. The number of nitrogens with zero attached hydrogens (tertiary/aromatic N) is 6. The van der Waals surface area contributed by atoms with Crippen LogP contribution in [0.3, 0.4) is 0 Å². The molecule has 8 bridgehead atoms. The third-order valence-electron chi connectivity index (χ3n) is 18.3. The van der Waals surface area contributed by atoms with Crippen LogP contribution in [-0.2, 0) is 73.6 Å². The molecule has 10 nitrogen and oxygen atoms in total. The van der Waals surface area contributed by atoms with Gasteiger partial charge in [-0.1, -0.05) is 239 Å². The molecule has 0 spiro atoms. The van der Waals surface area contributed by atoms with E-state index in [1.165, 1.54) is 54.2 Å². The van der Waals surface area contributed by atoms with Crippen molar-refractivity contribution in [1.29, 1.82) is 0 Å². The number of rotatable bonds is 10. The summed E-state index contributed by atoms with van der Waals surface area (Å²) in [5.74, 6) is 1.88. The first-order valence-corrected chi connectivity index (χ1v) is 31.7.